The number of carboxylic acid groups (broad SMARTS) is 1. The van der Waals surface area contributed by atoms with Gasteiger partial charge in [0, 0.05) is 12.1 Å². The Morgan fingerprint density at radius 3 is 2.37 bits per heavy atom. The molecule has 0 saturated carbocycles. The van der Waals surface area contributed by atoms with Crippen molar-refractivity contribution in [1.29, 1.82) is 0 Å². The number of carbonyl (C=O) groups is 3. The van der Waals surface area contributed by atoms with Crippen LogP contribution >= 0.6 is 0 Å². The van der Waals surface area contributed by atoms with Crippen LogP contribution in [0, 0.1) is 0 Å². The van der Waals surface area contributed by atoms with Crippen molar-refractivity contribution in [3.8, 4) is 11.5 Å². The maximum Gasteiger partial charge on any atom is 0.326 e. The third kappa shape index (κ3) is 4.63. The van der Waals surface area contributed by atoms with E-state index in [0.717, 1.165) is 0 Å². The molecule has 1 saturated heterocycles. The van der Waals surface area contributed by atoms with Gasteiger partial charge in [-0.2, -0.15) is 0 Å². The minimum Gasteiger partial charge on any atom is -0.480 e. The molecule has 0 aliphatic carbocycles. The van der Waals surface area contributed by atoms with Gasteiger partial charge in [0.25, 0.3) is 5.91 Å². The number of hydrogen-bond donors (Lipinski definition) is 2. The van der Waals surface area contributed by atoms with E-state index in [2.05, 4.69) is 5.32 Å². The van der Waals surface area contributed by atoms with E-state index in [9.17, 15) is 14.4 Å². The van der Waals surface area contributed by atoms with Crippen molar-refractivity contribution in [2.75, 3.05) is 13.1 Å². The Kier molecular flexibility index (Phi) is 5.71. The molecule has 0 spiro atoms. The summed E-state index contributed by atoms with van der Waals surface area (Å²) in [6.07, 6.45) is 1.09. The summed E-state index contributed by atoms with van der Waals surface area (Å²) >= 11 is 0. The highest BCUT2D eigenvalue weighted by Gasteiger charge is 2.33. The van der Waals surface area contributed by atoms with E-state index >= 15 is 0 Å². The van der Waals surface area contributed by atoms with Gasteiger partial charge in [0.05, 0.1) is 6.54 Å². The lowest BCUT2D eigenvalue weighted by atomic mass is 10.2. The Morgan fingerprint density at radius 1 is 1.04 bits per heavy atom. The molecule has 1 aliphatic heterocycles. The number of aliphatic carboxylic acids is 1. The lowest BCUT2D eigenvalue weighted by Gasteiger charge is -2.21. The third-order valence-corrected chi connectivity index (χ3v) is 4.35. The fraction of sp³-hybridized carbons (Fsp3) is 0.250. The van der Waals surface area contributed by atoms with E-state index in [-0.39, 0.29) is 6.54 Å². The number of nitrogens with one attached hydrogen (secondary N) is 1. The highest BCUT2D eigenvalue weighted by atomic mass is 16.5. The number of carbonyl (C=O) groups excluding carboxylic acids is 2. The molecule has 140 valence electrons. The smallest absolute Gasteiger partial charge is 0.326 e. The van der Waals surface area contributed by atoms with Gasteiger partial charge >= 0.3 is 5.97 Å². The van der Waals surface area contributed by atoms with Gasteiger partial charge < -0.3 is 20.1 Å². The van der Waals surface area contributed by atoms with Crippen LogP contribution in [0.1, 0.15) is 23.2 Å². The largest absolute Gasteiger partial charge is 0.480 e. The molecule has 1 fully saturated rings. The summed E-state index contributed by atoms with van der Waals surface area (Å²) in [6.45, 7) is 0.169. The van der Waals surface area contributed by atoms with Gasteiger partial charge in [-0.15, -0.1) is 0 Å². The van der Waals surface area contributed by atoms with E-state index in [1.807, 2.05) is 30.3 Å². The number of likely N-dealkylation sites (tertiary alicyclic amines) is 1. The second kappa shape index (κ2) is 8.35. The molecule has 3 rings (SSSR count). The van der Waals surface area contributed by atoms with Crippen LogP contribution in [0.2, 0.25) is 0 Å². The average Bonchev–Trinajstić information content (AvgIpc) is 3.17. The number of hydrogen-bond acceptors (Lipinski definition) is 4. The van der Waals surface area contributed by atoms with Crippen molar-refractivity contribution >= 4 is 17.8 Å². The average molecular weight is 368 g/mol. The summed E-state index contributed by atoms with van der Waals surface area (Å²) in [5, 5.41) is 11.7. The van der Waals surface area contributed by atoms with E-state index < -0.39 is 23.8 Å². The number of para-hydroxylation sites is 1. The monoisotopic (exact) mass is 368 g/mol. The van der Waals surface area contributed by atoms with Gasteiger partial charge in [0.1, 0.15) is 17.5 Å². The van der Waals surface area contributed by atoms with Gasteiger partial charge in [-0.05, 0) is 49.2 Å². The Hall–Kier alpha value is -3.35. The van der Waals surface area contributed by atoms with E-state index in [1.54, 1.807) is 24.3 Å². The molecule has 7 heteroatoms. The highest BCUT2D eigenvalue weighted by Crippen LogP contribution is 2.21. The lowest BCUT2D eigenvalue weighted by Crippen LogP contribution is -2.45. The maximum absolute atomic E-state index is 12.2. The summed E-state index contributed by atoms with van der Waals surface area (Å²) in [4.78, 5) is 36.8. The molecule has 27 heavy (non-hydrogen) atoms. The van der Waals surface area contributed by atoms with Gasteiger partial charge in [-0.1, -0.05) is 18.2 Å². The number of carboxylic acids is 1. The van der Waals surface area contributed by atoms with Gasteiger partial charge in [0.2, 0.25) is 5.91 Å². The zero-order valence-electron chi connectivity index (χ0n) is 14.6. The predicted molar refractivity (Wildman–Crippen MR) is 97.7 cm³/mol. The quantitative estimate of drug-likeness (QED) is 0.816. The number of nitrogens with zero attached hydrogens (tertiary/aromatic N) is 1. The predicted octanol–water partition coefficient (Wildman–Crippen LogP) is 2.28. The van der Waals surface area contributed by atoms with Crippen LogP contribution in [-0.2, 0) is 9.59 Å². The van der Waals surface area contributed by atoms with Crippen molar-refractivity contribution in [2.24, 2.45) is 0 Å². The van der Waals surface area contributed by atoms with Crippen LogP contribution in [0.25, 0.3) is 0 Å². The van der Waals surface area contributed by atoms with Gasteiger partial charge in [-0.25, -0.2) is 4.79 Å². The van der Waals surface area contributed by atoms with Crippen molar-refractivity contribution in [2.45, 2.75) is 18.9 Å². The second-order valence-electron chi connectivity index (χ2n) is 6.21. The third-order valence-electron chi connectivity index (χ3n) is 4.35. The molecule has 7 nitrogen and oxygen atoms in total. The van der Waals surface area contributed by atoms with Crippen LogP contribution in [0.3, 0.4) is 0 Å². The summed E-state index contributed by atoms with van der Waals surface area (Å²) < 4.78 is 5.66. The van der Waals surface area contributed by atoms with E-state index in [4.69, 9.17) is 9.84 Å². The number of rotatable bonds is 6. The first-order valence-electron chi connectivity index (χ1n) is 8.68. The topological polar surface area (TPSA) is 95.9 Å². The van der Waals surface area contributed by atoms with Crippen molar-refractivity contribution < 1.29 is 24.2 Å². The Morgan fingerprint density at radius 2 is 1.70 bits per heavy atom. The molecule has 1 aliphatic rings. The minimum atomic E-state index is -1.01. The number of ether oxygens (including phenoxy) is 1. The van der Waals surface area contributed by atoms with E-state index in [0.29, 0.717) is 36.4 Å². The zero-order valence-corrected chi connectivity index (χ0v) is 14.6. The van der Waals surface area contributed by atoms with Crippen molar-refractivity contribution in [1.82, 2.24) is 10.2 Å². The fourth-order valence-corrected chi connectivity index (χ4v) is 2.98. The van der Waals surface area contributed by atoms with Crippen LogP contribution < -0.4 is 10.1 Å². The Balaban J connectivity index is 1.53. The van der Waals surface area contributed by atoms with Gasteiger partial charge in [-0.3, -0.25) is 9.59 Å². The Bertz CT molecular complexity index is 820. The van der Waals surface area contributed by atoms with E-state index in [1.165, 1.54) is 4.90 Å². The standard InChI is InChI=1S/C20H20N2O5/c23-18(22-12-4-7-17(22)20(25)26)13-21-19(24)14-8-10-16(11-9-14)27-15-5-2-1-3-6-15/h1-3,5-6,8-11,17H,4,7,12-13H2,(H,21,24)(H,25,26)/t17-/m0/s1. The highest BCUT2D eigenvalue weighted by molar-refractivity contribution is 5.97. The number of benzene rings is 2. The molecule has 1 heterocycles. The first kappa shape index (κ1) is 18.4. The SMILES string of the molecule is O=C(NCC(=O)N1CCC[C@H]1C(=O)O)c1ccc(Oc2ccccc2)cc1. The molecule has 1 atom stereocenters. The molecular formula is C20H20N2O5. The molecule has 0 aromatic heterocycles. The first-order chi connectivity index (χ1) is 13.0. The first-order valence-corrected chi connectivity index (χ1v) is 8.68. The molecule has 0 bridgehead atoms. The summed E-state index contributed by atoms with van der Waals surface area (Å²) in [5.41, 5.74) is 0.388. The van der Waals surface area contributed by atoms with Crippen LogP contribution in [0.15, 0.2) is 54.6 Å². The zero-order chi connectivity index (χ0) is 19.2. The van der Waals surface area contributed by atoms with Crippen molar-refractivity contribution in [3.05, 3.63) is 60.2 Å². The molecule has 2 amide bonds. The molecule has 2 aromatic carbocycles. The van der Waals surface area contributed by atoms with Crippen LogP contribution in [0.5, 0.6) is 11.5 Å². The molecule has 0 unspecified atom stereocenters. The normalized spacial score (nSPS) is 16.0. The minimum absolute atomic E-state index is 0.231. The van der Waals surface area contributed by atoms with Crippen LogP contribution in [0.4, 0.5) is 0 Å². The fourth-order valence-electron chi connectivity index (χ4n) is 2.98. The summed E-state index contributed by atoms with van der Waals surface area (Å²) in [7, 11) is 0. The maximum atomic E-state index is 12.2. The molecular weight excluding hydrogens is 348 g/mol. The summed E-state index contributed by atoms with van der Waals surface area (Å²) in [6, 6.07) is 15.0. The van der Waals surface area contributed by atoms with Crippen molar-refractivity contribution in [3.63, 3.8) is 0 Å². The second-order valence-corrected chi connectivity index (χ2v) is 6.21. The Labute approximate surface area is 156 Å². The molecule has 2 N–H and O–H groups in total. The van der Waals surface area contributed by atoms with Crippen LogP contribution in [-0.4, -0.2) is 46.9 Å². The van der Waals surface area contributed by atoms with Gasteiger partial charge in [0.15, 0.2) is 0 Å². The summed E-state index contributed by atoms with van der Waals surface area (Å²) in [5.74, 6) is -0.520. The lowest BCUT2D eigenvalue weighted by molar-refractivity contribution is -0.147. The number of amides is 2. The molecule has 0 radical (unpaired) electrons. The molecule has 2 aromatic rings.